The summed E-state index contributed by atoms with van der Waals surface area (Å²) < 4.78 is 42.7. The number of hydrogen-bond acceptors (Lipinski definition) is 5. The van der Waals surface area contributed by atoms with Crippen molar-refractivity contribution >= 4 is 11.9 Å². The Balaban J connectivity index is 1.46. The molecule has 1 N–H and O–H groups in total. The first-order valence-corrected chi connectivity index (χ1v) is 7.81. The van der Waals surface area contributed by atoms with Gasteiger partial charge >= 0.3 is 5.97 Å². The zero-order chi connectivity index (χ0) is 18.5. The van der Waals surface area contributed by atoms with Crippen LogP contribution in [0.2, 0.25) is 0 Å². The highest BCUT2D eigenvalue weighted by molar-refractivity contribution is 5.91. The van der Waals surface area contributed by atoms with Gasteiger partial charge in [0.15, 0.2) is 18.1 Å². The molecular formula is C18H15F2NO5. The van der Waals surface area contributed by atoms with Gasteiger partial charge in [0.1, 0.15) is 29.9 Å². The van der Waals surface area contributed by atoms with E-state index in [-0.39, 0.29) is 13.2 Å². The number of fused-ring (bicyclic) bond motifs is 1. The maximum Gasteiger partial charge on any atom is 0.344 e. The average molecular weight is 363 g/mol. The second kappa shape index (κ2) is 7.81. The smallest absolute Gasteiger partial charge is 0.344 e. The molecule has 1 aliphatic rings. The molecule has 0 saturated heterocycles. The molecule has 6 nitrogen and oxygen atoms in total. The van der Waals surface area contributed by atoms with Crippen LogP contribution in [0.15, 0.2) is 42.5 Å². The Kier molecular flexibility index (Phi) is 5.31. The third-order valence-electron chi connectivity index (χ3n) is 3.60. The lowest BCUT2D eigenvalue weighted by Crippen LogP contribution is -2.42. The van der Waals surface area contributed by atoms with Gasteiger partial charge in [0.25, 0.3) is 5.91 Å². The van der Waals surface area contributed by atoms with Gasteiger partial charge in [-0.1, -0.05) is 18.2 Å². The van der Waals surface area contributed by atoms with Crippen LogP contribution in [0.4, 0.5) is 8.78 Å². The van der Waals surface area contributed by atoms with Crippen molar-refractivity contribution in [2.45, 2.75) is 6.10 Å². The third kappa shape index (κ3) is 4.08. The van der Waals surface area contributed by atoms with Crippen molar-refractivity contribution in [3.63, 3.8) is 0 Å². The van der Waals surface area contributed by atoms with Crippen LogP contribution < -0.4 is 14.8 Å². The molecule has 0 bridgehead atoms. The van der Waals surface area contributed by atoms with Crippen LogP contribution in [0.3, 0.4) is 0 Å². The van der Waals surface area contributed by atoms with Crippen molar-refractivity contribution < 1.29 is 32.6 Å². The van der Waals surface area contributed by atoms with Gasteiger partial charge in [0, 0.05) is 0 Å². The van der Waals surface area contributed by atoms with Gasteiger partial charge in [0.05, 0.1) is 6.54 Å². The Hall–Kier alpha value is -3.16. The summed E-state index contributed by atoms with van der Waals surface area (Å²) in [6.45, 7) is -0.299. The highest BCUT2D eigenvalue weighted by Crippen LogP contribution is 2.30. The second-order valence-corrected chi connectivity index (χ2v) is 5.47. The van der Waals surface area contributed by atoms with Crippen LogP contribution in [0.5, 0.6) is 11.5 Å². The van der Waals surface area contributed by atoms with Gasteiger partial charge in [-0.25, -0.2) is 13.6 Å². The fourth-order valence-electron chi connectivity index (χ4n) is 2.34. The lowest BCUT2D eigenvalue weighted by atomic mass is 10.2. The topological polar surface area (TPSA) is 73.9 Å². The van der Waals surface area contributed by atoms with Crippen molar-refractivity contribution in [1.82, 2.24) is 5.32 Å². The lowest BCUT2D eigenvalue weighted by molar-refractivity contribution is -0.124. The molecule has 0 fully saturated rings. The molecule has 0 radical (unpaired) electrons. The molecule has 1 amide bonds. The number of carbonyl (C=O) groups excluding carboxylic acids is 2. The number of nitrogens with one attached hydrogen (secondary N) is 1. The average Bonchev–Trinajstić information content (AvgIpc) is 2.64. The number of hydrogen-bond donors (Lipinski definition) is 1. The second-order valence-electron chi connectivity index (χ2n) is 5.47. The number of para-hydroxylation sites is 2. The van der Waals surface area contributed by atoms with E-state index in [0.717, 1.165) is 18.2 Å². The standard InChI is InChI=1S/C18H15F2NO5/c19-12-4-3-5-13(20)17(12)18(23)25-10-16(22)21-8-11-9-24-14-6-1-2-7-15(14)26-11/h1-7,11H,8-10H2,(H,21,22). The number of carbonyl (C=O) groups is 2. The van der Waals surface area contributed by atoms with E-state index in [1.54, 1.807) is 18.2 Å². The maximum atomic E-state index is 13.5. The number of ether oxygens (including phenoxy) is 3. The molecule has 136 valence electrons. The summed E-state index contributed by atoms with van der Waals surface area (Å²) >= 11 is 0. The molecule has 2 aromatic rings. The third-order valence-corrected chi connectivity index (χ3v) is 3.60. The van der Waals surface area contributed by atoms with Crippen molar-refractivity contribution in [3.05, 3.63) is 59.7 Å². The fraction of sp³-hybridized carbons (Fsp3) is 0.222. The maximum absolute atomic E-state index is 13.5. The number of amides is 1. The summed E-state index contributed by atoms with van der Waals surface area (Å²) in [6, 6.07) is 10.1. The summed E-state index contributed by atoms with van der Waals surface area (Å²) in [5.74, 6) is -2.79. The lowest BCUT2D eigenvalue weighted by Gasteiger charge is -2.26. The van der Waals surface area contributed by atoms with E-state index in [9.17, 15) is 18.4 Å². The largest absolute Gasteiger partial charge is 0.486 e. The van der Waals surface area contributed by atoms with E-state index in [2.05, 4.69) is 10.1 Å². The molecule has 1 aliphatic heterocycles. The van der Waals surface area contributed by atoms with Gasteiger partial charge < -0.3 is 19.5 Å². The molecular weight excluding hydrogens is 348 g/mol. The highest BCUT2D eigenvalue weighted by atomic mass is 19.1. The molecule has 1 unspecified atom stereocenters. The van der Waals surface area contributed by atoms with Crippen molar-refractivity contribution in [2.24, 2.45) is 0 Å². The fourth-order valence-corrected chi connectivity index (χ4v) is 2.34. The van der Waals surface area contributed by atoms with Crippen LogP contribution >= 0.6 is 0 Å². The van der Waals surface area contributed by atoms with Gasteiger partial charge in [-0.2, -0.15) is 0 Å². The normalized spacial score (nSPS) is 15.2. The quantitative estimate of drug-likeness (QED) is 0.824. The Labute approximate surface area is 147 Å². The molecule has 0 aromatic heterocycles. The predicted molar refractivity (Wildman–Crippen MR) is 86.0 cm³/mol. The van der Waals surface area contributed by atoms with E-state index in [0.29, 0.717) is 11.5 Å². The minimum absolute atomic E-state index is 0.124. The van der Waals surface area contributed by atoms with Crippen molar-refractivity contribution in [2.75, 3.05) is 19.8 Å². The summed E-state index contributed by atoms with van der Waals surface area (Å²) in [6.07, 6.45) is -0.409. The molecule has 8 heteroatoms. The van der Waals surface area contributed by atoms with Crippen LogP contribution in [0, 0.1) is 11.6 Å². The molecule has 0 aliphatic carbocycles. The van der Waals surface area contributed by atoms with Crippen LogP contribution in [0.25, 0.3) is 0 Å². The number of rotatable bonds is 5. The van der Waals surface area contributed by atoms with Crippen molar-refractivity contribution in [1.29, 1.82) is 0 Å². The SMILES string of the molecule is O=C(COC(=O)c1c(F)cccc1F)NCC1COc2ccccc2O1. The van der Waals surface area contributed by atoms with E-state index in [1.807, 2.05) is 6.07 Å². The van der Waals surface area contributed by atoms with Gasteiger partial charge in [-0.15, -0.1) is 0 Å². The Morgan fingerprint density at radius 3 is 2.50 bits per heavy atom. The van der Waals surface area contributed by atoms with Crippen LogP contribution in [-0.4, -0.2) is 37.7 Å². The summed E-state index contributed by atoms with van der Waals surface area (Å²) in [5, 5.41) is 2.51. The summed E-state index contributed by atoms with van der Waals surface area (Å²) in [5.41, 5.74) is -0.832. The first kappa shape index (κ1) is 17.7. The van der Waals surface area contributed by atoms with Gasteiger partial charge in [-0.3, -0.25) is 4.79 Å². The first-order valence-electron chi connectivity index (χ1n) is 7.81. The zero-order valence-electron chi connectivity index (χ0n) is 13.5. The highest BCUT2D eigenvalue weighted by Gasteiger charge is 2.22. The Morgan fingerprint density at radius 1 is 1.08 bits per heavy atom. The van der Waals surface area contributed by atoms with E-state index < -0.39 is 41.8 Å². The molecule has 26 heavy (non-hydrogen) atoms. The Bertz CT molecular complexity index is 807. The molecule has 1 atom stereocenters. The van der Waals surface area contributed by atoms with E-state index >= 15 is 0 Å². The summed E-state index contributed by atoms with van der Waals surface area (Å²) in [7, 11) is 0. The molecule has 0 spiro atoms. The number of benzene rings is 2. The number of halogens is 2. The van der Waals surface area contributed by atoms with E-state index in [1.165, 1.54) is 0 Å². The first-order chi connectivity index (χ1) is 12.5. The Morgan fingerprint density at radius 2 is 1.77 bits per heavy atom. The van der Waals surface area contributed by atoms with Crippen LogP contribution in [-0.2, 0) is 9.53 Å². The number of esters is 1. The minimum Gasteiger partial charge on any atom is -0.486 e. The molecule has 1 heterocycles. The predicted octanol–water partition coefficient (Wildman–Crippen LogP) is 2.08. The van der Waals surface area contributed by atoms with Crippen molar-refractivity contribution in [3.8, 4) is 11.5 Å². The van der Waals surface area contributed by atoms with Gasteiger partial charge in [-0.05, 0) is 24.3 Å². The van der Waals surface area contributed by atoms with Gasteiger partial charge in [0.2, 0.25) is 0 Å². The molecule has 3 rings (SSSR count). The minimum atomic E-state index is -1.25. The van der Waals surface area contributed by atoms with E-state index in [4.69, 9.17) is 9.47 Å². The molecule has 2 aromatic carbocycles. The molecule has 0 saturated carbocycles. The summed E-state index contributed by atoms with van der Waals surface area (Å²) in [4.78, 5) is 23.5. The van der Waals surface area contributed by atoms with Crippen LogP contribution in [0.1, 0.15) is 10.4 Å². The zero-order valence-corrected chi connectivity index (χ0v) is 13.5. The monoisotopic (exact) mass is 363 g/mol.